The molecule has 1 saturated heterocycles. The summed E-state index contributed by atoms with van der Waals surface area (Å²) in [7, 11) is 0. The van der Waals surface area contributed by atoms with Gasteiger partial charge in [-0.2, -0.15) is 0 Å². The van der Waals surface area contributed by atoms with Crippen molar-refractivity contribution in [3.8, 4) is 0 Å². The van der Waals surface area contributed by atoms with Crippen molar-refractivity contribution in [3.05, 3.63) is 34.9 Å². The minimum Gasteiger partial charge on any atom is -0.381 e. The molecule has 1 amide bonds. The molecule has 1 fully saturated rings. The molecule has 2 rings (SSSR count). The first-order valence-electron chi connectivity index (χ1n) is 7.05. The Hall–Kier alpha value is -1.06. The van der Waals surface area contributed by atoms with E-state index in [1.807, 2.05) is 6.07 Å². The van der Waals surface area contributed by atoms with Crippen molar-refractivity contribution in [3.63, 3.8) is 0 Å². The topological polar surface area (TPSA) is 38.3 Å². The molecule has 1 aliphatic rings. The third-order valence-electron chi connectivity index (χ3n) is 4.05. The van der Waals surface area contributed by atoms with E-state index in [2.05, 4.69) is 31.3 Å². The smallest absolute Gasteiger partial charge is 0.224 e. The van der Waals surface area contributed by atoms with Gasteiger partial charge in [0, 0.05) is 19.1 Å². The van der Waals surface area contributed by atoms with E-state index < -0.39 is 0 Å². The van der Waals surface area contributed by atoms with Gasteiger partial charge in [-0.1, -0.05) is 18.2 Å². The van der Waals surface area contributed by atoms with Crippen molar-refractivity contribution in [1.29, 1.82) is 0 Å². The van der Waals surface area contributed by atoms with Crippen molar-refractivity contribution in [2.45, 2.75) is 38.6 Å². The lowest BCUT2D eigenvalue weighted by Gasteiger charge is -2.36. The predicted molar refractivity (Wildman–Crippen MR) is 81.3 cm³/mol. The SMILES string of the molecule is Cc1ccc(CC(=O)NC2(CCl)CCOCC2)cc1C. The van der Waals surface area contributed by atoms with E-state index in [9.17, 15) is 4.79 Å². The third-order valence-corrected chi connectivity index (χ3v) is 4.56. The van der Waals surface area contributed by atoms with Crippen molar-refractivity contribution in [2.24, 2.45) is 0 Å². The van der Waals surface area contributed by atoms with E-state index >= 15 is 0 Å². The third kappa shape index (κ3) is 3.74. The van der Waals surface area contributed by atoms with E-state index in [4.69, 9.17) is 16.3 Å². The van der Waals surface area contributed by atoms with Crippen LogP contribution in [0, 0.1) is 13.8 Å². The lowest BCUT2D eigenvalue weighted by Crippen LogP contribution is -2.53. The van der Waals surface area contributed by atoms with Gasteiger partial charge in [-0.05, 0) is 43.4 Å². The number of nitrogens with one attached hydrogen (secondary N) is 1. The molecule has 1 N–H and O–H groups in total. The molecular formula is C16H22ClNO2. The maximum absolute atomic E-state index is 12.2. The minimum absolute atomic E-state index is 0.0378. The Balaban J connectivity index is 1.98. The number of aryl methyl sites for hydroxylation is 2. The largest absolute Gasteiger partial charge is 0.381 e. The molecule has 1 aromatic carbocycles. The normalized spacial score (nSPS) is 17.8. The van der Waals surface area contributed by atoms with Crippen LogP contribution < -0.4 is 5.32 Å². The van der Waals surface area contributed by atoms with Gasteiger partial charge in [0.1, 0.15) is 0 Å². The van der Waals surface area contributed by atoms with Crippen LogP contribution >= 0.6 is 11.6 Å². The van der Waals surface area contributed by atoms with Gasteiger partial charge in [-0.15, -0.1) is 11.6 Å². The summed E-state index contributed by atoms with van der Waals surface area (Å²) in [5.74, 6) is 0.477. The maximum atomic E-state index is 12.2. The highest BCUT2D eigenvalue weighted by atomic mass is 35.5. The second-order valence-corrected chi connectivity index (χ2v) is 5.94. The summed E-state index contributed by atoms with van der Waals surface area (Å²) >= 11 is 6.06. The number of hydrogen-bond donors (Lipinski definition) is 1. The van der Waals surface area contributed by atoms with Gasteiger partial charge in [0.25, 0.3) is 0 Å². The summed E-state index contributed by atoms with van der Waals surface area (Å²) in [6.07, 6.45) is 1.98. The Bertz CT molecular complexity index is 481. The lowest BCUT2D eigenvalue weighted by atomic mass is 9.91. The summed E-state index contributed by atoms with van der Waals surface area (Å²) in [4.78, 5) is 12.2. The number of rotatable bonds is 4. The zero-order valence-corrected chi connectivity index (χ0v) is 12.9. The minimum atomic E-state index is -0.295. The standard InChI is InChI=1S/C16H22ClNO2/c1-12-3-4-14(9-13(12)2)10-15(19)18-16(11-17)5-7-20-8-6-16/h3-4,9H,5-8,10-11H2,1-2H3,(H,18,19). The number of alkyl halides is 1. The Kier molecular flexibility index (Phi) is 5.06. The number of benzene rings is 1. The van der Waals surface area contributed by atoms with Crippen molar-refractivity contribution >= 4 is 17.5 Å². The number of carbonyl (C=O) groups excluding carboxylic acids is 1. The molecule has 4 heteroatoms. The quantitative estimate of drug-likeness (QED) is 0.868. The lowest BCUT2D eigenvalue weighted by molar-refractivity contribution is -0.123. The number of ether oxygens (including phenoxy) is 1. The molecule has 0 aromatic heterocycles. The van der Waals surface area contributed by atoms with E-state index in [1.54, 1.807) is 0 Å². The van der Waals surface area contributed by atoms with Crippen molar-refractivity contribution < 1.29 is 9.53 Å². The molecule has 0 spiro atoms. The number of amides is 1. The van der Waals surface area contributed by atoms with Gasteiger partial charge in [-0.25, -0.2) is 0 Å². The fourth-order valence-corrected chi connectivity index (χ4v) is 2.83. The second kappa shape index (κ2) is 6.59. The van der Waals surface area contributed by atoms with Gasteiger partial charge >= 0.3 is 0 Å². The van der Waals surface area contributed by atoms with Gasteiger partial charge in [0.05, 0.1) is 12.0 Å². The number of hydrogen-bond acceptors (Lipinski definition) is 2. The van der Waals surface area contributed by atoms with Gasteiger partial charge < -0.3 is 10.1 Å². The fourth-order valence-electron chi connectivity index (χ4n) is 2.49. The van der Waals surface area contributed by atoms with E-state index in [0.29, 0.717) is 25.5 Å². The van der Waals surface area contributed by atoms with Gasteiger partial charge in [0.2, 0.25) is 5.91 Å². The molecule has 0 radical (unpaired) electrons. The molecular weight excluding hydrogens is 274 g/mol. The van der Waals surface area contributed by atoms with Crippen LogP contribution in [0.15, 0.2) is 18.2 Å². The maximum Gasteiger partial charge on any atom is 0.224 e. The average molecular weight is 296 g/mol. The Morgan fingerprint density at radius 3 is 2.60 bits per heavy atom. The molecule has 0 saturated carbocycles. The summed E-state index contributed by atoms with van der Waals surface area (Å²) in [5.41, 5.74) is 3.21. The Labute approximate surface area is 125 Å². The van der Waals surface area contributed by atoms with E-state index in [1.165, 1.54) is 11.1 Å². The molecule has 110 valence electrons. The van der Waals surface area contributed by atoms with Gasteiger partial charge in [-0.3, -0.25) is 4.79 Å². The first-order chi connectivity index (χ1) is 9.54. The highest BCUT2D eigenvalue weighted by molar-refractivity contribution is 6.18. The highest BCUT2D eigenvalue weighted by Gasteiger charge is 2.33. The van der Waals surface area contributed by atoms with Crippen LogP contribution in [0.3, 0.4) is 0 Å². The van der Waals surface area contributed by atoms with E-state index in [-0.39, 0.29) is 11.4 Å². The van der Waals surface area contributed by atoms with Crippen LogP contribution in [-0.4, -0.2) is 30.5 Å². The van der Waals surface area contributed by atoms with Crippen LogP contribution in [0.25, 0.3) is 0 Å². The molecule has 1 aromatic rings. The summed E-state index contributed by atoms with van der Waals surface area (Å²) in [5, 5.41) is 3.11. The molecule has 0 atom stereocenters. The highest BCUT2D eigenvalue weighted by Crippen LogP contribution is 2.22. The first kappa shape index (κ1) is 15.3. The van der Waals surface area contributed by atoms with Crippen LogP contribution in [0.2, 0.25) is 0 Å². The predicted octanol–water partition coefficient (Wildman–Crippen LogP) is 2.75. The van der Waals surface area contributed by atoms with Crippen LogP contribution in [-0.2, 0) is 16.0 Å². The second-order valence-electron chi connectivity index (χ2n) is 5.67. The van der Waals surface area contributed by atoms with Crippen LogP contribution in [0.5, 0.6) is 0 Å². The zero-order chi connectivity index (χ0) is 14.6. The zero-order valence-electron chi connectivity index (χ0n) is 12.2. The molecule has 20 heavy (non-hydrogen) atoms. The van der Waals surface area contributed by atoms with Crippen LogP contribution in [0.4, 0.5) is 0 Å². The molecule has 3 nitrogen and oxygen atoms in total. The Morgan fingerprint density at radius 2 is 2.00 bits per heavy atom. The molecule has 0 aliphatic carbocycles. The molecule has 1 heterocycles. The Morgan fingerprint density at radius 1 is 1.30 bits per heavy atom. The molecule has 0 unspecified atom stereocenters. The molecule has 1 aliphatic heterocycles. The van der Waals surface area contributed by atoms with E-state index in [0.717, 1.165) is 18.4 Å². The number of halogens is 1. The average Bonchev–Trinajstić information content (AvgIpc) is 2.44. The summed E-state index contributed by atoms with van der Waals surface area (Å²) in [6, 6.07) is 6.15. The summed E-state index contributed by atoms with van der Waals surface area (Å²) in [6.45, 7) is 5.46. The number of carbonyl (C=O) groups is 1. The monoisotopic (exact) mass is 295 g/mol. The first-order valence-corrected chi connectivity index (χ1v) is 7.59. The van der Waals surface area contributed by atoms with Gasteiger partial charge in [0.15, 0.2) is 0 Å². The van der Waals surface area contributed by atoms with Crippen LogP contribution in [0.1, 0.15) is 29.5 Å². The fraction of sp³-hybridized carbons (Fsp3) is 0.562. The molecule has 0 bridgehead atoms. The van der Waals surface area contributed by atoms with Crippen molar-refractivity contribution in [1.82, 2.24) is 5.32 Å². The van der Waals surface area contributed by atoms with Crippen molar-refractivity contribution in [2.75, 3.05) is 19.1 Å². The summed E-state index contributed by atoms with van der Waals surface area (Å²) < 4.78 is 5.35.